The average Bonchev–Trinajstić information content (AvgIpc) is 2.46. The number of unbranched alkanes of at least 4 members (excludes halogenated alkanes) is 4. The number of hydrogen-bond donors (Lipinski definition) is 6. The molecule has 6 N–H and O–H groups in total. The number of hydrogen-bond acceptors (Lipinski definition) is 6. The van der Waals surface area contributed by atoms with E-state index in [4.69, 9.17) is 30.6 Å². The third-order valence-corrected chi connectivity index (χ3v) is 2.50. The number of aliphatic hydroxyl groups excluding tert-OH is 2. The molecule has 0 radical (unpaired) electrons. The molecule has 0 bridgehead atoms. The molecule has 0 saturated carbocycles. The first-order valence-electron chi connectivity index (χ1n) is 8.03. The quantitative estimate of drug-likeness (QED) is 0.196. The first-order valence-corrected chi connectivity index (χ1v) is 8.03. The van der Waals surface area contributed by atoms with Crippen molar-refractivity contribution in [2.45, 2.75) is 77.8 Å². The average molecular weight is 352 g/mol. The van der Waals surface area contributed by atoms with Crippen LogP contribution in [0.1, 0.15) is 65.2 Å². The van der Waals surface area contributed by atoms with Crippen molar-refractivity contribution in [2.24, 2.45) is 0 Å². The molecule has 0 aromatic carbocycles. The van der Waals surface area contributed by atoms with Gasteiger partial charge in [-0.25, -0.2) is 9.59 Å². The highest BCUT2D eigenvalue weighted by Gasteiger charge is 1.94. The molecular weight excluding hydrogens is 320 g/mol. The van der Waals surface area contributed by atoms with Crippen LogP contribution in [0.15, 0.2) is 12.2 Å². The number of rotatable bonds is 10. The molecule has 8 nitrogen and oxygen atoms in total. The summed E-state index contributed by atoms with van der Waals surface area (Å²) in [7, 11) is 0. The summed E-state index contributed by atoms with van der Waals surface area (Å²) >= 11 is 0. The van der Waals surface area contributed by atoms with Gasteiger partial charge < -0.3 is 30.6 Å². The van der Waals surface area contributed by atoms with Gasteiger partial charge in [-0.1, -0.05) is 39.5 Å². The zero-order chi connectivity index (χ0) is 19.4. The molecule has 0 fully saturated rings. The van der Waals surface area contributed by atoms with E-state index >= 15 is 0 Å². The molecule has 0 heterocycles. The maximum Gasteiger partial charge on any atom is 0.328 e. The van der Waals surface area contributed by atoms with Crippen molar-refractivity contribution in [3.05, 3.63) is 12.2 Å². The Kier molecular flexibility index (Phi) is 24.5. The van der Waals surface area contributed by atoms with Crippen molar-refractivity contribution < 1.29 is 40.2 Å². The van der Waals surface area contributed by atoms with Gasteiger partial charge >= 0.3 is 11.9 Å². The lowest BCUT2D eigenvalue weighted by Gasteiger charge is -1.99. The van der Waals surface area contributed by atoms with Crippen molar-refractivity contribution in [1.29, 1.82) is 0 Å². The standard InChI is InChI=1S/2C6H14O2.C4H4O4/c2*1-2-3-4-5-6(7)8;5-3(6)1-2-4(7)8/h2*6-8H,2-5H2,1H3;1-2H,(H,5,6)(H,7,8)/b;;2-1+. The van der Waals surface area contributed by atoms with E-state index in [-0.39, 0.29) is 0 Å². The van der Waals surface area contributed by atoms with Gasteiger partial charge in [-0.15, -0.1) is 0 Å². The van der Waals surface area contributed by atoms with Crippen LogP contribution in [0.2, 0.25) is 0 Å². The van der Waals surface area contributed by atoms with E-state index in [0.29, 0.717) is 25.0 Å². The van der Waals surface area contributed by atoms with E-state index in [1.54, 1.807) is 0 Å². The minimum Gasteiger partial charge on any atom is -0.478 e. The lowest BCUT2D eigenvalue weighted by Crippen LogP contribution is -2.02. The van der Waals surface area contributed by atoms with E-state index in [0.717, 1.165) is 38.5 Å². The number of carboxylic acid groups (broad SMARTS) is 2. The fourth-order valence-electron chi connectivity index (χ4n) is 1.30. The minimum absolute atomic E-state index is 0.522. The van der Waals surface area contributed by atoms with Crippen LogP contribution in [0.5, 0.6) is 0 Å². The van der Waals surface area contributed by atoms with Crippen molar-refractivity contribution in [2.75, 3.05) is 0 Å². The van der Waals surface area contributed by atoms with Crippen LogP contribution in [0.25, 0.3) is 0 Å². The predicted molar refractivity (Wildman–Crippen MR) is 89.1 cm³/mol. The second-order valence-electron chi connectivity index (χ2n) is 4.96. The topological polar surface area (TPSA) is 156 Å². The molecule has 144 valence electrons. The number of carboxylic acids is 2. The van der Waals surface area contributed by atoms with Crippen LogP contribution in [-0.2, 0) is 9.59 Å². The summed E-state index contributed by atoms with van der Waals surface area (Å²) in [5, 5.41) is 49.0. The van der Waals surface area contributed by atoms with Gasteiger partial charge in [0.25, 0.3) is 0 Å². The third-order valence-electron chi connectivity index (χ3n) is 2.50. The second kappa shape index (κ2) is 21.5. The predicted octanol–water partition coefficient (Wildman–Crippen LogP) is 1.47. The molecule has 0 aliphatic carbocycles. The van der Waals surface area contributed by atoms with E-state index in [1.165, 1.54) is 0 Å². The van der Waals surface area contributed by atoms with Crippen LogP contribution in [0.3, 0.4) is 0 Å². The summed E-state index contributed by atoms with van der Waals surface area (Å²) in [6, 6.07) is 0. The van der Waals surface area contributed by atoms with E-state index in [9.17, 15) is 9.59 Å². The molecule has 8 heteroatoms. The largest absolute Gasteiger partial charge is 0.478 e. The molecular formula is C16H32O8. The van der Waals surface area contributed by atoms with Crippen LogP contribution in [-0.4, -0.2) is 55.2 Å². The Labute approximate surface area is 143 Å². The Bertz CT molecular complexity index is 283. The molecule has 0 amide bonds. The van der Waals surface area contributed by atoms with E-state index in [1.807, 2.05) is 0 Å². The lowest BCUT2D eigenvalue weighted by molar-refractivity contribution is -0.134. The smallest absolute Gasteiger partial charge is 0.328 e. The minimum atomic E-state index is -1.26. The van der Waals surface area contributed by atoms with Crippen molar-refractivity contribution >= 4 is 11.9 Å². The number of aliphatic carboxylic acids is 2. The van der Waals surface area contributed by atoms with Gasteiger partial charge in [0.2, 0.25) is 0 Å². The van der Waals surface area contributed by atoms with Crippen LogP contribution < -0.4 is 0 Å². The Hall–Kier alpha value is -1.48. The maximum absolute atomic E-state index is 9.55. The molecule has 0 rings (SSSR count). The van der Waals surface area contributed by atoms with Gasteiger partial charge in [0, 0.05) is 12.2 Å². The van der Waals surface area contributed by atoms with Crippen molar-refractivity contribution in [3.8, 4) is 0 Å². The fraction of sp³-hybridized carbons (Fsp3) is 0.750. The van der Waals surface area contributed by atoms with E-state index < -0.39 is 24.5 Å². The van der Waals surface area contributed by atoms with Gasteiger partial charge in [-0.2, -0.15) is 0 Å². The van der Waals surface area contributed by atoms with Crippen LogP contribution >= 0.6 is 0 Å². The molecule has 0 unspecified atom stereocenters. The summed E-state index contributed by atoms with van der Waals surface area (Å²) in [5.74, 6) is -2.51. The Balaban J connectivity index is -0.000000276. The maximum atomic E-state index is 9.55. The van der Waals surface area contributed by atoms with Crippen LogP contribution in [0.4, 0.5) is 0 Å². The van der Waals surface area contributed by atoms with Gasteiger partial charge in [0.1, 0.15) is 0 Å². The SMILES string of the molecule is CCCCCC(O)O.CCCCCC(O)O.O=C(O)/C=C/C(=O)O. The molecule has 0 aliphatic rings. The highest BCUT2D eigenvalue weighted by atomic mass is 16.5. The summed E-state index contributed by atoms with van der Waals surface area (Å²) in [6.45, 7) is 4.17. The number of aliphatic hydroxyl groups is 4. The van der Waals surface area contributed by atoms with Crippen molar-refractivity contribution in [3.63, 3.8) is 0 Å². The summed E-state index contributed by atoms with van der Waals surface area (Å²) in [5.41, 5.74) is 0. The van der Waals surface area contributed by atoms with Gasteiger partial charge in [0.15, 0.2) is 12.6 Å². The molecule has 0 aromatic heterocycles. The fourth-order valence-corrected chi connectivity index (χ4v) is 1.30. The molecule has 0 saturated heterocycles. The first kappa shape index (κ1) is 27.4. The third kappa shape index (κ3) is 42.8. The molecule has 0 aliphatic heterocycles. The Morgan fingerprint density at radius 3 is 1.17 bits per heavy atom. The van der Waals surface area contributed by atoms with E-state index in [2.05, 4.69) is 13.8 Å². The lowest BCUT2D eigenvalue weighted by atomic mass is 10.2. The summed E-state index contributed by atoms with van der Waals surface area (Å²) in [4.78, 5) is 19.1. The Morgan fingerprint density at radius 2 is 1.00 bits per heavy atom. The van der Waals surface area contributed by atoms with Gasteiger partial charge in [-0.05, 0) is 25.7 Å². The normalized spacial score (nSPS) is 10.2. The number of carbonyl (C=O) groups is 2. The second-order valence-corrected chi connectivity index (χ2v) is 4.96. The molecule has 0 aromatic rings. The summed E-state index contributed by atoms with van der Waals surface area (Å²) < 4.78 is 0. The highest BCUT2D eigenvalue weighted by Crippen LogP contribution is 2.00. The Morgan fingerprint density at radius 1 is 0.708 bits per heavy atom. The van der Waals surface area contributed by atoms with Crippen LogP contribution in [0, 0.1) is 0 Å². The summed E-state index contributed by atoms with van der Waals surface area (Å²) in [6.07, 6.45) is 6.27. The first-order chi connectivity index (χ1) is 11.2. The van der Waals surface area contributed by atoms with Gasteiger partial charge in [0.05, 0.1) is 0 Å². The zero-order valence-electron chi connectivity index (χ0n) is 14.5. The zero-order valence-corrected chi connectivity index (χ0v) is 14.5. The molecule has 0 atom stereocenters. The monoisotopic (exact) mass is 352 g/mol. The highest BCUT2D eigenvalue weighted by molar-refractivity contribution is 5.89. The molecule has 0 spiro atoms. The molecule has 24 heavy (non-hydrogen) atoms. The van der Waals surface area contributed by atoms with Gasteiger partial charge in [-0.3, -0.25) is 0 Å². The van der Waals surface area contributed by atoms with Crippen molar-refractivity contribution in [1.82, 2.24) is 0 Å².